The van der Waals surface area contributed by atoms with Gasteiger partial charge in [-0.3, -0.25) is 9.78 Å². The Kier molecular flexibility index (Phi) is 7.63. The van der Waals surface area contributed by atoms with Crippen LogP contribution in [0.3, 0.4) is 0 Å². The monoisotopic (exact) mass is 362 g/mol. The summed E-state index contributed by atoms with van der Waals surface area (Å²) < 4.78 is 5.95. The van der Waals surface area contributed by atoms with Crippen molar-refractivity contribution in [2.75, 3.05) is 19.6 Å². The van der Waals surface area contributed by atoms with Crippen LogP contribution in [0.4, 0.5) is 0 Å². The Labute approximate surface area is 153 Å². The molecular formula is C18H23ClN4O2. The minimum atomic E-state index is -0.164. The van der Waals surface area contributed by atoms with Gasteiger partial charge in [0, 0.05) is 31.1 Å². The molecule has 0 atom stereocenters. The summed E-state index contributed by atoms with van der Waals surface area (Å²) >= 11 is 0. The average molecular weight is 363 g/mol. The van der Waals surface area contributed by atoms with Crippen molar-refractivity contribution in [1.29, 1.82) is 0 Å². The van der Waals surface area contributed by atoms with Gasteiger partial charge in [-0.2, -0.15) is 0 Å². The number of piperidine rings is 1. The van der Waals surface area contributed by atoms with E-state index in [2.05, 4.69) is 20.6 Å². The lowest BCUT2D eigenvalue weighted by Gasteiger charge is -2.24. The number of nitrogens with one attached hydrogen (secondary N) is 2. The number of rotatable bonds is 6. The summed E-state index contributed by atoms with van der Waals surface area (Å²) in [6.45, 7) is 2.39. The smallest absolute Gasteiger partial charge is 0.256 e. The first kappa shape index (κ1) is 19.1. The van der Waals surface area contributed by atoms with E-state index in [-0.39, 0.29) is 24.4 Å². The lowest BCUT2D eigenvalue weighted by Crippen LogP contribution is -2.35. The maximum Gasteiger partial charge on any atom is 0.256 e. The zero-order valence-corrected chi connectivity index (χ0v) is 14.8. The van der Waals surface area contributed by atoms with Crippen LogP contribution in [0, 0.1) is 0 Å². The van der Waals surface area contributed by atoms with Crippen LogP contribution in [0.5, 0.6) is 5.88 Å². The van der Waals surface area contributed by atoms with Crippen LogP contribution in [-0.4, -0.2) is 41.6 Å². The molecule has 0 radical (unpaired) electrons. The van der Waals surface area contributed by atoms with Gasteiger partial charge in [-0.25, -0.2) is 4.98 Å². The maximum atomic E-state index is 12.4. The third kappa shape index (κ3) is 5.69. The number of pyridine rings is 2. The summed E-state index contributed by atoms with van der Waals surface area (Å²) in [6, 6.07) is 9.27. The van der Waals surface area contributed by atoms with Gasteiger partial charge in [0.2, 0.25) is 5.88 Å². The van der Waals surface area contributed by atoms with Gasteiger partial charge in [0.05, 0.1) is 0 Å². The van der Waals surface area contributed by atoms with E-state index in [9.17, 15) is 4.79 Å². The number of carbonyl (C=O) groups excluding carboxylic acids is 1. The van der Waals surface area contributed by atoms with Crippen LogP contribution in [-0.2, 0) is 6.42 Å². The van der Waals surface area contributed by atoms with Crippen molar-refractivity contribution in [2.24, 2.45) is 0 Å². The molecule has 0 aromatic carbocycles. The summed E-state index contributed by atoms with van der Waals surface area (Å²) in [5, 5.41) is 6.21. The van der Waals surface area contributed by atoms with Crippen molar-refractivity contribution in [3.63, 3.8) is 0 Å². The molecule has 134 valence electrons. The first-order valence-corrected chi connectivity index (χ1v) is 8.33. The normalized spacial score (nSPS) is 14.4. The molecule has 2 N–H and O–H groups in total. The first-order chi connectivity index (χ1) is 11.8. The first-order valence-electron chi connectivity index (χ1n) is 8.33. The van der Waals surface area contributed by atoms with Crippen LogP contribution in [0.1, 0.15) is 28.9 Å². The second kappa shape index (κ2) is 9.96. The van der Waals surface area contributed by atoms with Crippen molar-refractivity contribution in [3.8, 4) is 5.88 Å². The van der Waals surface area contributed by atoms with E-state index in [1.54, 1.807) is 24.5 Å². The standard InChI is InChI=1S/C18H22N4O2.ClH/c23-17(21-13-6-14-4-1-2-9-20-14)16-5-3-10-22-18(16)24-15-7-11-19-12-8-15;/h1-5,9-10,15,19H,6-8,11-13H2,(H,21,23);1H. The molecule has 1 aliphatic heterocycles. The number of hydrogen-bond donors (Lipinski definition) is 2. The zero-order chi connectivity index (χ0) is 16.6. The predicted molar refractivity (Wildman–Crippen MR) is 98.3 cm³/mol. The fraction of sp³-hybridized carbons (Fsp3) is 0.389. The number of aromatic nitrogens is 2. The highest BCUT2D eigenvalue weighted by molar-refractivity contribution is 5.96. The maximum absolute atomic E-state index is 12.4. The molecule has 0 bridgehead atoms. The third-order valence-electron chi connectivity index (χ3n) is 3.97. The van der Waals surface area contributed by atoms with Crippen molar-refractivity contribution < 1.29 is 9.53 Å². The number of carbonyl (C=O) groups is 1. The molecule has 0 saturated carbocycles. The van der Waals surface area contributed by atoms with Gasteiger partial charge in [-0.15, -0.1) is 12.4 Å². The van der Waals surface area contributed by atoms with Crippen molar-refractivity contribution in [1.82, 2.24) is 20.6 Å². The largest absolute Gasteiger partial charge is 0.474 e. The average Bonchev–Trinajstić information content (AvgIpc) is 2.64. The molecule has 1 amide bonds. The van der Waals surface area contributed by atoms with E-state index in [0.29, 0.717) is 24.4 Å². The van der Waals surface area contributed by atoms with Gasteiger partial charge < -0.3 is 15.4 Å². The Morgan fingerprint density at radius 3 is 2.72 bits per heavy atom. The summed E-state index contributed by atoms with van der Waals surface area (Å²) in [6.07, 6.45) is 6.07. The molecule has 7 heteroatoms. The summed E-state index contributed by atoms with van der Waals surface area (Å²) in [7, 11) is 0. The van der Waals surface area contributed by atoms with Crippen LogP contribution in [0.15, 0.2) is 42.7 Å². The Morgan fingerprint density at radius 2 is 1.96 bits per heavy atom. The second-order valence-electron chi connectivity index (χ2n) is 5.75. The van der Waals surface area contributed by atoms with Crippen molar-refractivity contribution in [3.05, 3.63) is 54.0 Å². The predicted octanol–water partition coefficient (Wildman–Crippen LogP) is 2.00. The lowest BCUT2D eigenvalue weighted by atomic mass is 10.1. The van der Waals surface area contributed by atoms with E-state index in [1.165, 1.54) is 0 Å². The molecule has 2 aromatic heterocycles. The molecule has 1 aliphatic rings. The Balaban J connectivity index is 0.00000225. The zero-order valence-electron chi connectivity index (χ0n) is 14.0. The van der Waals surface area contributed by atoms with Gasteiger partial charge in [-0.1, -0.05) is 6.07 Å². The molecule has 2 aromatic rings. The SMILES string of the molecule is Cl.O=C(NCCc1ccccn1)c1cccnc1OC1CCNCC1. The summed E-state index contributed by atoms with van der Waals surface area (Å²) in [5.41, 5.74) is 1.44. The number of amides is 1. The molecule has 3 rings (SSSR count). The van der Waals surface area contributed by atoms with Crippen molar-refractivity contribution >= 4 is 18.3 Å². The molecule has 0 aliphatic carbocycles. The molecule has 0 spiro atoms. The highest BCUT2D eigenvalue weighted by atomic mass is 35.5. The fourth-order valence-corrected chi connectivity index (χ4v) is 2.67. The van der Waals surface area contributed by atoms with Crippen LogP contribution < -0.4 is 15.4 Å². The third-order valence-corrected chi connectivity index (χ3v) is 3.97. The van der Waals surface area contributed by atoms with Gasteiger partial charge in [-0.05, 0) is 50.2 Å². The molecule has 1 saturated heterocycles. The second-order valence-corrected chi connectivity index (χ2v) is 5.75. The number of hydrogen-bond acceptors (Lipinski definition) is 5. The Morgan fingerprint density at radius 1 is 1.16 bits per heavy atom. The van der Waals surface area contributed by atoms with Crippen LogP contribution in [0.25, 0.3) is 0 Å². The lowest BCUT2D eigenvalue weighted by molar-refractivity contribution is 0.0940. The number of nitrogens with zero attached hydrogens (tertiary/aromatic N) is 2. The van der Waals surface area contributed by atoms with Gasteiger partial charge in [0.1, 0.15) is 11.7 Å². The van der Waals surface area contributed by atoms with E-state index < -0.39 is 0 Å². The molecular weight excluding hydrogens is 340 g/mol. The molecule has 6 nitrogen and oxygen atoms in total. The molecule has 3 heterocycles. The number of halogens is 1. The Bertz CT molecular complexity index is 663. The minimum absolute atomic E-state index is 0. The quantitative estimate of drug-likeness (QED) is 0.822. The fourth-order valence-electron chi connectivity index (χ4n) is 2.67. The van der Waals surface area contributed by atoms with Gasteiger partial charge in [0.25, 0.3) is 5.91 Å². The Hall–Kier alpha value is -2.18. The van der Waals surface area contributed by atoms with Gasteiger partial charge >= 0.3 is 0 Å². The van der Waals surface area contributed by atoms with Crippen LogP contribution >= 0.6 is 12.4 Å². The summed E-state index contributed by atoms with van der Waals surface area (Å²) in [4.78, 5) is 20.9. The van der Waals surface area contributed by atoms with E-state index in [4.69, 9.17) is 4.74 Å². The number of ether oxygens (including phenoxy) is 1. The van der Waals surface area contributed by atoms with E-state index in [0.717, 1.165) is 31.6 Å². The highest BCUT2D eigenvalue weighted by Crippen LogP contribution is 2.19. The molecule has 25 heavy (non-hydrogen) atoms. The van der Waals surface area contributed by atoms with E-state index in [1.807, 2.05) is 18.2 Å². The molecule has 1 fully saturated rings. The topological polar surface area (TPSA) is 76.1 Å². The summed E-state index contributed by atoms with van der Waals surface area (Å²) in [5.74, 6) is 0.253. The van der Waals surface area contributed by atoms with Crippen LogP contribution in [0.2, 0.25) is 0 Å². The minimum Gasteiger partial charge on any atom is -0.474 e. The van der Waals surface area contributed by atoms with Crippen molar-refractivity contribution in [2.45, 2.75) is 25.4 Å². The molecule has 0 unspecified atom stereocenters. The van der Waals surface area contributed by atoms with E-state index >= 15 is 0 Å². The van der Waals surface area contributed by atoms with Gasteiger partial charge in [0.15, 0.2) is 0 Å². The highest BCUT2D eigenvalue weighted by Gasteiger charge is 2.19.